The lowest BCUT2D eigenvalue weighted by atomic mass is 10.2. The Hall–Kier alpha value is -2.68. The van der Waals surface area contributed by atoms with E-state index in [0.29, 0.717) is 6.42 Å². The van der Waals surface area contributed by atoms with Crippen molar-refractivity contribution in [3.63, 3.8) is 0 Å². The van der Waals surface area contributed by atoms with E-state index < -0.39 is 15.7 Å². The number of sulfone groups is 1. The second-order valence-electron chi connectivity index (χ2n) is 5.69. The SMILES string of the molecule is COc1ccc(Nc2nccc(C(=O)NC3CCS(=O)(=O)C3)n2)cc1. The third-order valence-electron chi connectivity index (χ3n) is 3.80. The van der Waals surface area contributed by atoms with Crippen LogP contribution in [0, 0.1) is 0 Å². The molecule has 9 heteroatoms. The largest absolute Gasteiger partial charge is 0.497 e. The highest BCUT2D eigenvalue weighted by atomic mass is 32.2. The Labute approximate surface area is 145 Å². The Balaban J connectivity index is 1.67. The predicted molar refractivity (Wildman–Crippen MR) is 92.8 cm³/mol. The highest BCUT2D eigenvalue weighted by molar-refractivity contribution is 7.91. The third-order valence-corrected chi connectivity index (χ3v) is 5.57. The van der Waals surface area contributed by atoms with Crippen LogP contribution in [-0.2, 0) is 9.84 Å². The molecule has 2 aromatic rings. The monoisotopic (exact) mass is 362 g/mol. The number of nitrogens with zero attached hydrogens (tertiary/aromatic N) is 2. The Morgan fingerprint density at radius 1 is 1.24 bits per heavy atom. The minimum Gasteiger partial charge on any atom is -0.497 e. The molecule has 1 saturated heterocycles. The van der Waals surface area contributed by atoms with E-state index in [1.807, 2.05) is 0 Å². The fourth-order valence-corrected chi connectivity index (χ4v) is 4.19. The molecular weight excluding hydrogens is 344 g/mol. The van der Waals surface area contributed by atoms with Gasteiger partial charge in [0.15, 0.2) is 9.84 Å². The summed E-state index contributed by atoms with van der Waals surface area (Å²) in [6, 6.07) is 8.30. The zero-order chi connectivity index (χ0) is 17.9. The quantitative estimate of drug-likeness (QED) is 0.821. The Bertz CT molecular complexity index is 868. The van der Waals surface area contributed by atoms with E-state index >= 15 is 0 Å². The molecule has 1 amide bonds. The maximum atomic E-state index is 12.3. The molecule has 25 heavy (non-hydrogen) atoms. The molecule has 1 aliphatic rings. The van der Waals surface area contributed by atoms with Gasteiger partial charge in [-0.3, -0.25) is 4.79 Å². The lowest BCUT2D eigenvalue weighted by molar-refractivity contribution is 0.0936. The van der Waals surface area contributed by atoms with Crippen LogP contribution in [0.15, 0.2) is 36.5 Å². The maximum absolute atomic E-state index is 12.3. The first-order valence-electron chi connectivity index (χ1n) is 7.70. The standard InChI is InChI=1S/C16H18N4O4S/c1-24-13-4-2-11(3-5-13)19-16-17-8-6-14(20-16)15(21)18-12-7-9-25(22,23)10-12/h2-6,8,12H,7,9-10H2,1H3,(H,18,21)(H,17,19,20). The van der Waals surface area contributed by atoms with Crippen LogP contribution < -0.4 is 15.4 Å². The summed E-state index contributed by atoms with van der Waals surface area (Å²) in [4.78, 5) is 20.5. The number of ether oxygens (including phenoxy) is 1. The van der Waals surface area contributed by atoms with E-state index in [1.54, 1.807) is 31.4 Å². The molecule has 3 rings (SSSR count). The Kier molecular flexibility index (Phi) is 4.84. The van der Waals surface area contributed by atoms with Gasteiger partial charge in [-0.1, -0.05) is 0 Å². The summed E-state index contributed by atoms with van der Waals surface area (Å²) >= 11 is 0. The molecule has 1 atom stereocenters. The summed E-state index contributed by atoms with van der Waals surface area (Å²) in [5, 5.41) is 5.71. The molecule has 1 aliphatic heterocycles. The van der Waals surface area contributed by atoms with Gasteiger partial charge in [0.2, 0.25) is 5.95 Å². The van der Waals surface area contributed by atoms with Gasteiger partial charge < -0.3 is 15.4 Å². The number of nitrogens with one attached hydrogen (secondary N) is 2. The zero-order valence-corrected chi connectivity index (χ0v) is 14.4. The highest BCUT2D eigenvalue weighted by Gasteiger charge is 2.29. The first kappa shape index (κ1) is 17.2. The normalized spacial score (nSPS) is 18.5. The van der Waals surface area contributed by atoms with Crippen LogP contribution in [0.3, 0.4) is 0 Å². The molecule has 1 unspecified atom stereocenters. The molecule has 2 N–H and O–H groups in total. The lowest BCUT2D eigenvalue weighted by Crippen LogP contribution is -2.36. The number of amides is 1. The second-order valence-corrected chi connectivity index (χ2v) is 7.92. The van der Waals surface area contributed by atoms with E-state index in [4.69, 9.17) is 4.74 Å². The Morgan fingerprint density at radius 3 is 2.64 bits per heavy atom. The number of methoxy groups -OCH3 is 1. The number of anilines is 2. The van der Waals surface area contributed by atoms with Crippen LogP contribution in [-0.4, -0.2) is 49.0 Å². The highest BCUT2D eigenvalue weighted by Crippen LogP contribution is 2.18. The van der Waals surface area contributed by atoms with Crippen molar-refractivity contribution >= 4 is 27.4 Å². The molecule has 0 aliphatic carbocycles. The van der Waals surface area contributed by atoms with Crippen LogP contribution in [0.1, 0.15) is 16.9 Å². The summed E-state index contributed by atoms with van der Waals surface area (Å²) in [5.41, 5.74) is 0.926. The van der Waals surface area contributed by atoms with Gasteiger partial charge in [0.25, 0.3) is 5.91 Å². The average molecular weight is 362 g/mol. The van der Waals surface area contributed by atoms with E-state index in [1.165, 1.54) is 12.3 Å². The van der Waals surface area contributed by atoms with Gasteiger partial charge in [0, 0.05) is 17.9 Å². The van der Waals surface area contributed by atoms with Crippen molar-refractivity contribution in [1.82, 2.24) is 15.3 Å². The van der Waals surface area contributed by atoms with E-state index in [9.17, 15) is 13.2 Å². The molecule has 2 heterocycles. The topological polar surface area (TPSA) is 110 Å². The fraction of sp³-hybridized carbons (Fsp3) is 0.312. The molecule has 0 spiro atoms. The lowest BCUT2D eigenvalue weighted by Gasteiger charge is -2.11. The number of hydrogen-bond donors (Lipinski definition) is 2. The van der Waals surface area contributed by atoms with Crippen LogP contribution >= 0.6 is 0 Å². The summed E-state index contributed by atoms with van der Waals surface area (Å²) in [6.45, 7) is 0. The molecule has 1 fully saturated rings. The number of benzene rings is 1. The predicted octanol–water partition coefficient (Wildman–Crippen LogP) is 1.15. The second kappa shape index (κ2) is 7.06. The molecule has 0 saturated carbocycles. The first-order valence-corrected chi connectivity index (χ1v) is 9.53. The summed E-state index contributed by atoms with van der Waals surface area (Å²) in [5.74, 6) is 0.664. The van der Waals surface area contributed by atoms with Crippen LogP contribution in [0.4, 0.5) is 11.6 Å². The van der Waals surface area contributed by atoms with Crippen LogP contribution in [0.25, 0.3) is 0 Å². The van der Waals surface area contributed by atoms with Gasteiger partial charge in [-0.2, -0.15) is 0 Å². The number of hydrogen-bond acceptors (Lipinski definition) is 7. The minimum absolute atomic E-state index is 0.0270. The maximum Gasteiger partial charge on any atom is 0.270 e. The van der Waals surface area contributed by atoms with Gasteiger partial charge in [-0.25, -0.2) is 18.4 Å². The Morgan fingerprint density at radius 2 is 2.00 bits per heavy atom. The van der Waals surface area contributed by atoms with Gasteiger partial charge in [0.1, 0.15) is 11.4 Å². The fourth-order valence-electron chi connectivity index (χ4n) is 2.52. The van der Waals surface area contributed by atoms with Crippen molar-refractivity contribution in [1.29, 1.82) is 0 Å². The number of carbonyl (C=O) groups is 1. The van der Waals surface area contributed by atoms with Crippen molar-refractivity contribution in [3.05, 3.63) is 42.2 Å². The van der Waals surface area contributed by atoms with Crippen molar-refractivity contribution in [2.75, 3.05) is 23.9 Å². The molecule has 0 bridgehead atoms. The smallest absolute Gasteiger partial charge is 0.270 e. The van der Waals surface area contributed by atoms with E-state index in [-0.39, 0.29) is 29.2 Å². The average Bonchev–Trinajstić information content (AvgIpc) is 2.94. The van der Waals surface area contributed by atoms with Gasteiger partial charge in [0.05, 0.1) is 18.6 Å². The van der Waals surface area contributed by atoms with Crippen molar-refractivity contribution in [2.45, 2.75) is 12.5 Å². The molecule has 1 aromatic carbocycles. The van der Waals surface area contributed by atoms with Gasteiger partial charge in [-0.15, -0.1) is 0 Å². The van der Waals surface area contributed by atoms with Gasteiger partial charge >= 0.3 is 0 Å². The van der Waals surface area contributed by atoms with Crippen LogP contribution in [0.2, 0.25) is 0 Å². The zero-order valence-electron chi connectivity index (χ0n) is 13.6. The van der Waals surface area contributed by atoms with Crippen molar-refractivity contribution in [2.24, 2.45) is 0 Å². The van der Waals surface area contributed by atoms with Crippen molar-refractivity contribution < 1.29 is 17.9 Å². The number of rotatable bonds is 5. The molecule has 0 radical (unpaired) electrons. The summed E-state index contributed by atoms with van der Waals surface area (Å²) < 4.78 is 28.0. The van der Waals surface area contributed by atoms with E-state index in [0.717, 1.165) is 11.4 Å². The summed E-state index contributed by atoms with van der Waals surface area (Å²) in [7, 11) is -1.46. The van der Waals surface area contributed by atoms with Crippen LogP contribution in [0.5, 0.6) is 5.75 Å². The molecule has 132 valence electrons. The first-order chi connectivity index (χ1) is 11.9. The number of carbonyl (C=O) groups excluding carboxylic acids is 1. The number of aromatic nitrogens is 2. The van der Waals surface area contributed by atoms with E-state index in [2.05, 4.69) is 20.6 Å². The van der Waals surface area contributed by atoms with Crippen molar-refractivity contribution in [3.8, 4) is 5.75 Å². The molecular formula is C16H18N4O4S. The summed E-state index contributed by atoms with van der Waals surface area (Å²) in [6.07, 6.45) is 1.90. The molecule has 1 aromatic heterocycles. The minimum atomic E-state index is -3.05. The molecule has 8 nitrogen and oxygen atoms in total. The third kappa shape index (κ3) is 4.44. The van der Waals surface area contributed by atoms with Gasteiger partial charge in [-0.05, 0) is 36.8 Å².